The molecule has 2 amide bonds. The Balaban J connectivity index is 1.30. The van der Waals surface area contributed by atoms with E-state index in [9.17, 15) is 9.59 Å². The predicted octanol–water partition coefficient (Wildman–Crippen LogP) is 2.33. The van der Waals surface area contributed by atoms with E-state index in [4.69, 9.17) is 0 Å². The first-order chi connectivity index (χ1) is 13.6. The molecular weight excluding hydrogens is 352 g/mol. The fourth-order valence-corrected chi connectivity index (χ4v) is 4.99. The van der Waals surface area contributed by atoms with Gasteiger partial charge in [0.25, 0.3) is 5.91 Å². The number of pyridine rings is 1. The van der Waals surface area contributed by atoms with E-state index < -0.39 is 0 Å². The molecule has 0 radical (unpaired) electrons. The summed E-state index contributed by atoms with van der Waals surface area (Å²) in [4.78, 5) is 36.4. The van der Waals surface area contributed by atoms with Gasteiger partial charge in [-0.05, 0) is 64.1 Å². The van der Waals surface area contributed by atoms with E-state index in [0.29, 0.717) is 17.6 Å². The average molecular weight is 385 g/mol. The van der Waals surface area contributed by atoms with Crippen LogP contribution < -0.4 is 0 Å². The minimum atomic E-state index is 0.0443. The SMILES string of the molecule is Cc1cccc(C(=O)N2CCC(N3CCC[C@@H](C(=O)N4CCCC4)C3)CC2)n1. The first kappa shape index (κ1) is 19.4. The van der Waals surface area contributed by atoms with Crippen LogP contribution in [0.4, 0.5) is 0 Å². The third kappa shape index (κ3) is 4.22. The number of likely N-dealkylation sites (tertiary alicyclic amines) is 3. The molecule has 4 heterocycles. The lowest BCUT2D eigenvalue weighted by Crippen LogP contribution is -2.51. The maximum atomic E-state index is 12.8. The van der Waals surface area contributed by atoms with Gasteiger partial charge in [-0.15, -0.1) is 0 Å². The van der Waals surface area contributed by atoms with Crippen LogP contribution in [0.5, 0.6) is 0 Å². The molecule has 0 aromatic carbocycles. The first-order valence-corrected chi connectivity index (χ1v) is 10.9. The molecule has 152 valence electrons. The summed E-state index contributed by atoms with van der Waals surface area (Å²) in [5.41, 5.74) is 1.43. The molecule has 0 saturated carbocycles. The molecule has 0 bridgehead atoms. The molecule has 3 aliphatic rings. The van der Waals surface area contributed by atoms with Crippen molar-refractivity contribution in [2.45, 2.75) is 51.5 Å². The minimum absolute atomic E-state index is 0.0443. The molecule has 0 unspecified atom stereocenters. The van der Waals surface area contributed by atoms with Gasteiger partial charge in [0.05, 0.1) is 5.92 Å². The lowest BCUT2D eigenvalue weighted by Gasteiger charge is -2.42. The molecule has 6 heteroatoms. The number of amides is 2. The van der Waals surface area contributed by atoms with E-state index in [-0.39, 0.29) is 11.8 Å². The average Bonchev–Trinajstić information content (AvgIpc) is 3.28. The van der Waals surface area contributed by atoms with E-state index in [0.717, 1.165) is 83.5 Å². The standard InChI is InChI=1S/C22H32N4O2/c1-17-6-4-8-20(23-17)22(28)25-14-9-19(10-15-25)26-13-5-7-18(16-26)21(27)24-11-2-3-12-24/h4,6,8,18-19H,2-3,5,7,9-16H2,1H3/t18-/m1/s1. The molecule has 1 atom stereocenters. The monoisotopic (exact) mass is 384 g/mol. The predicted molar refractivity (Wildman–Crippen MR) is 108 cm³/mol. The summed E-state index contributed by atoms with van der Waals surface area (Å²) in [6.45, 7) is 7.35. The Morgan fingerprint density at radius 1 is 0.929 bits per heavy atom. The second-order valence-corrected chi connectivity index (χ2v) is 8.55. The van der Waals surface area contributed by atoms with E-state index in [1.807, 2.05) is 24.0 Å². The molecule has 3 saturated heterocycles. The number of carbonyl (C=O) groups excluding carboxylic acids is 2. The maximum Gasteiger partial charge on any atom is 0.272 e. The number of carbonyl (C=O) groups is 2. The van der Waals surface area contributed by atoms with Crippen LogP contribution in [0.15, 0.2) is 18.2 Å². The molecule has 1 aromatic rings. The topological polar surface area (TPSA) is 56.8 Å². The fourth-order valence-electron chi connectivity index (χ4n) is 4.99. The van der Waals surface area contributed by atoms with Crippen molar-refractivity contribution in [3.05, 3.63) is 29.6 Å². The molecule has 0 aliphatic carbocycles. The molecule has 3 aliphatic heterocycles. The Morgan fingerprint density at radius 2 is 1.68 bits per heavy atom. The maximum absolute atomic E-state index is 12.8. The number of rotatable bonds is 3. The van der Waals surface area contributed by atoms with Crippen molar-refractivity contribution in [2.75, 3.05) is 39.3 Å². The van der Waals surface area contributed by atoms with Gasteiger partial charge < -0.3 is 9.80 Å². The zero-order valence-corrected chi connectivity index (χ0v) is 17.0. The van der Waals surface area contributed by atoms with Gasteiger partial charge in [0, 0.05) is 44.5 Å². The van der Waals surface area contributed by atoms with E-state index in [1.165, 1.54) is 0 Å². The van der Waals surface area contributed by atoms with Crippen LogP contribution in [0.25, 0.3) is 0 Å². The lowest BCUT2D eigenvalue weighted by atomic mass is 9.93. The van der Waals surface area contributed by atoms with E-state index in [1.54, 1.807) is 6.07 Å². The quantitative estimate of drug-likeness (QED) is 0.803. The Labute approximate surface area is 167 Å². The van der Waals surface area contributed by atoms with Crippen molar-refractivity contribution in [1.82, 2.24) is 19.7 Å². The molecule has 28 heavy (non-hydrogen) atoms. The smallest absolute Gasteiger partial charge is 0.272 e. The highest BCUT2D eigenvalue weighted by molar-refractivity contribution is 5.92. The molecule has 0 spiro atoms. The van der Waals surface area contributed by atoms with E-state index >= 15 is 0 Å². The fraction of sp³-hybridized carbons (Fsp3) is 0.682. The van der Waals surface area contributed by atoms with Crippen LogP contribution in [0.1, 0.15) is 54.7 Å². The number of piperidine rings is 2. The zero-order chi connectivity index (χ0) is 19.5. The van der Waals surface area contributed by atoms with Crippen molar-refractivity contribution in [2.24, 2.45) is 5.92 Å². The normalized spacial score (nSPS) is 24.5. The second-order valence-electron chi connectivity index (χ2n) is 8.55. The summed E-state index contributed by atoms with van der Waals surface area (Å²) < 4.78 is 0. The molecule has 4 rings (SSSR count). The van der Waals surface area contributed by atoms with Crippen LogP contribution in [-0.2, 0) is 4.79 Å². The molecule has 1 aromatic heterocycles. The van der Waals surface area contributed by atoms with E-state index in [2.05, 4.69) is 14.8 Å². The Kier molecular flexibility index (Phi) is 5.95. The zero-order valence-electron chi connectivity index (χ0n) is 17.0. The van der Waals surface area contributed by atoms with Crippen molar-refractivity contribution in [3.8, 4) is 0 Å². The number of nitrogens with zero attached hydrogens (tertiary/aromatic N) is 4. The number of hydrogen-bond donors (Lipinski definition) is 0. The van der Waals surface area contributed by atoms with Gasteiger partial charge in [-0.2, -0.15) is 0 Å². The van der Waals surface area contributed by atoms with Crippen molar-refractivity contribution in [3.63, 3.8) is 0 Å². The summed E-state index contributed by atoms with van der Waals surface area (Å²) in [6, 6.07) is 6.11. The summed E-state index contributed by atoms with van der Waals surface area (Å²) in [7, 11) is 0. The number of aromatic nitrogens is 1. The van der Waals surface area contributed by atoms with Gasteiger partial charge >= 0.3 is 0 Å². The van der Waals surface area contributed by atoms with Crippen LogP contribution in [0.2, 0.25) is 0 Å². The third-order valence-electron chi connectivity index (χ3n) is 6.60. The van der Waals surface area contributed by atoms with Crippen molar-refractivity contribution >= 4 is 11.8 Å². The number of aryl methyl sites for hydroxylation is 1. The van der Waals surface area contributed by atoms with Crippen LogP contribution in [-0.4, -0.2) is 76.8 Å². The molecule has 3 fully saturated rings. The van der Waals surface area contributed by atoms with Gasteiger partial charge in [-0.25, -0.2) is 4.98 Å². The second kappa shape index (κ2) is 8.60. The summed E-state index contributed by atoms with van der Waals surface area (Å²) in [5.74, 6) is 0.589. The molecule has 6 nitrogen and oxygen atoms in total. The molecular formula is C22H32N4O2. The lowest BCUT2D eigenvalue weighted by molar-refractivity contribution is -0.136. The van der Waals surface area contributed by atoms with Gasteiger partial charge in [-0.3, -0.25) is 14.5 Å². The van der Waals surface area contributed by atoms with Crippen LogP contribution in [0.3, 0.4) is 0 Å². The van der Waals surface area contributed by atoms with Gasteiger partial charge in [0.1, 0.15) is 5.69 Å². The van der Waals surface area contributed by atoms with Crippen LogP contribution in [0, 0.1) is 12.8 Å². The van der Waals surface area contributed by atoms with Gasteiger partial charge in [0.15, 0.2) is 0 Å². The highest BCUT2D eigenvalue weighted by Gasteiger charge is 2.34. The Bertz CT molecular complexity index is 708. The summed E-state index contributed by atoms with van der Waals surface area (Å²) in [6.07, 6.45) is 6.43. The summed E-state index contributed by atoms with van der Waals surface area (Å²) >= 11 is 0. The highest BCUT2D eigenvalue weighted by Crippen LogP contribution is 2.26. The highest BCUT2D eigenvalue weighted by atomic mass is 16.2. The van der Waals surface area contributed by atoms with Gasteiger partial charge in [0.2, 0.25) is 5.91 Å². The Hall–Kier alpha value is -1.95. The Morgan fingerprint density at radius 3 is 2.39 bits per heavy atom. The first-order valence-electron chi connectivity index (χ1n) is 10.9. The molecule has 0 N–H and O–H groups in total. The number of hydrogen-bond acceptors (Lipinski definition) is 4. The largest absolute Gasteiger partial charge is 0.342 e. The minimum Gasteiger partial charge on any atom is -0.342 e. The summed E-state index contributed by atoms with van der Waals surface area (Å²) in [5, 5.41) is 0. The van der Waals surface area contributed by atoms with Crippen molar-refractivity contribution < 1.29 is 9.59 Å². The van der Waals surface area contributed by atoms with Crippen molar-refractivity contribution in [1.29, 1.82) is 0 Å². The third-order valence-corrected chi connectivity index (χ3v) is 6.60. The van der Waals surface area contributed by atoms with Crippen LogP contribution >= 0.6 is 0 Å². The van der Waals surface area contributed by atoms with Gasteiger partial charge in [-0.1, -0.05) is 6.07 Å².